The van der Waals surface area contributed by atoms with E-state index < -0.39 is 11.7 Å². The fourth-order valence-electron chi connectivity index (χ4n) is 0.712. The lowest BCUT2D eigenvalue weighted by Crippen LogP contribution is -2.24. The molecule has 0 saturated carbocycles. The van der Waals surface area contributed by atoms with Gasteiger partial charge < -0.3 is 9.84 Å². The Morgan fingerprint density at radius 1 is 1.62 bits per heavy atom. The highest BCUT2D eigenvalue weighted by Crippen LogP contribution is 2.09. The van der Waals surface area contributed by atoms with Gasteiger partial charge in [-0.05, 0) is 27.2 Å². The number of ether oxygens (including phenoxy) is 1. The van der Waals surface area contributed by atoms with E-state index in [1.165, 1.54) is 0 Å². The standard InChI is InChI=1S/C9H15NO3/c1-9(2,3)13-8(12)5-4-7(11)6-10/h7,11H,4-5H2,1-3H3. The monoisotopic (exact) mass is 185 g/mol. The van der Waals surface area contributed by atoms with E-state index in [0.29, 0.717) is 0 Å². The van der Waals surface area contributed by atoms with E-state index in [1.54, 1.807) is 26.8 Å². The van der Waals surface area contributed by atoms with Gasteiger partial charge in [0.1, 0.15) is 11.7 Å². The van der Waals surface area contributed by atoms with Crippen LogP contribution < -0.4 is 0 Å². The molecular formula is C9H15NO3. The summed E-state index contributed by atoms with van der Waals surface area (Å²) in [5.74, 6) is -0.387. The molecule has 0 aromatic carbocycles. The average Bonchev–Trinajstić information content (AvgIpc) is 1.97. The van der Waals surface area contributed by atoms with Gasteiger partial charge in [0.15, 0.2) is 0 Å². The van der Waals surface area contributed by atoms with Gasteiger partial charge >= 0.3 is 5.97 Å². The normalized spacial score (nSPS) is 13.2. The number of hydrogen-bond donors (Lipinski definition) is 1. The molecule has 0 aromatic rings. The zero-order valence-corrected chi connectivity index (χ0v) is 8.20. The average molecular weight is 185 g/mol. The van der Waals surface area contributed by atoms with Crippen molar-refractivity contribution in [3.05, 3.63) is 0 Å². The Bertz CT molecular complexity index is 212. The molecule has 1 atom stereocenters. The lowest BCUT2D eigenvalue weighted by atomic mass is 10.2. The van der Waals surface area contributed by atoms with E-state index in [0.717, 1.165) is 0 Å². The third kappa shape index (κ3) is 7.29. The lowest BCUT2D eigenvalue weighted by Gasteiger charge is -2.19. The highest BCUT2D eigenvalue weighted by molar-refractivity contribution is 5.69. The molecule has 0 saturated heterocycles. The van der Waals surface area contributed by atoms with Crippen LogP contribution in [0.1, 0.15) is 33.6 Å². The van der Waals surface area contributed by atoms with Crippen LogP contribution in [0.2, 0.25) is 0 Å². The maximum absolute atomic E-state index is 11.0. The van der Waals surface area contributed by atoms with Crippen LogP contribution in [0.15, 0.2) is 0 Å². The topological polar surface area (TPSA) is 70.3 Å². The summed E-state index contributed by atoms with van der Waals surface area (Å²) < 4.78 is 4.97. The SMILES string of the molecule is CC(C)(C)OC(=O)CCC(O)C#N. The van der Waals surface area contributed by atoms with Crippen molar-refractivity contribution in [1.29, 1.82) is 5.26 Å². The van der Waals surface area contributed by atoms with Crippen molar-refractivity contribution < 1.29 is 14.6 Å². The minimum absolute atomic E-state index is 0.0754. The van der Waals surface area contributed by atoms with Crippen LogP contribution in [-0.2, 0) is 9.53 Å². The first-order valence-electron chi connectivity index (χ1n) is 4.14. The second kappa shape index (κ2) is 4.83. The first-order chi connectivity index (χ1) is 5.85. The molecule has 0 rings (SSSR count). The Hall–Kier alpha value is -1.08. The molecule has 4 nitrogen and oxygen atoms in total. The van der Waals surface area contributed by atoms with Crippen LogP contribution in [0, 0.1) is 11.3 Å². The highest BCUT2D eigenvalue weighted by atomic mass is 16.6. The van der Waals surface area contributed by atoms with Crippen LogP contribution in [0.4, 0.5) is 0 Å². The smallest absolute Gasteiger partial charge is 0.306 e. The van der Waals surface area contributed by atoms with Gasteiger partial charge in [-0.1, -0.05) is 0 Å². The van der Waals surface area contributed by atoms with Gasteiger partial charge in [-0.25, -0.2) is 0 Å². The Morgan fingerprint density at radius 3 is 2.54 bits per heavy atom. The van der Waals surface area contributed by atoms with E-state index >= 15 is 0 Å². The molecular weight excluding hydrogens is 170 g/mol. The lowest BCUT2D eigenvalue weighted by molar-refractivity contribution is -0.155. The van der Waals surface area contributed by atoms with Gasteiger partial charge in [0.2, 0.25) is 0 Å². The fourth-order valence-corrected chi connectivity index (χ4v) is 0.712. The number of esters is 1. The number of nitriles is 1. The predicted octanol–water partition coefficient (Wildman–Crippen LogP) is 0.993. The van der Waals surface area contributed by atoms with Crippen molar-refractivity contribution in [2.24, 2.45) is 0 Å². The minimum atomic E-state index is -1.08. The van der Waals surface area contributed by atoms with Crippen LogP contribution in [0.5, 0.6) is 0 Å². The number of aliphatic hydroxyl groups excluding tert-OH is 1. The summed E-state index contributed by atoms with van der Waals surface area (Å²) in [6.07, 6.45) is -0.871. The molecule has 0 amide bonds. The highest BCUT2D eigenvalue weighted by Gasteiger charge is 2.16. The fraction of sp³-hybridized carbons (Fsp3) is 0.778. The van der Waals surface area contributed by atoms with Crippen LogP contribution >= 0.6 is 0 Å². The molecule has 0 aliphatic heterocycles. The zero-order valence-electron chi connectivity index (χ0n) is 8.20. The predicted molar refractivity (Wildman–Crippen MR) is 46.7 cm³/mol. The molecule has 0 radical (unpaired) electrons. The van der Waals surface area contributed by atoms with Gasteiger partial charge in [-0.15, -0.1) is 0 Å². The number of rotatable bonds is 3. The molecule has 0 aliphatic rings. The van der Waals surface area contributed by atoms with Gasteiger partial charge in [-0.3, -0.25) is 4.79 Å². The van der Waals surface area contributed by atoms with E-state index in [1.807, 2.05) is 0 Å². The Balaban J connectivity index is 3.72. The maximum atomic E-state index is 11.0. The molecule has 13 heavy (non-hydrogen) atoms. The Labute approximate surface area is 78.1 Å². The van der Waals surface area contributed by atoms with Gasteiger partial charge in [-0.2, -0.15) is 5.26 Å². The van der Waals surface area contributed by atoms with Crippen molar-refractivity contribution in [3.8, 4) is 6.07 Å². The number of hydrogen-bond acceptors (Lipinski definition) is 4. The molecule has 74 valence electrons. The third-order valence-electron chi connectivity index (χ3n) is 1.19. The maximum Gasteiger partial charge on any atom is 0.306 e. The van der Waals surface area contributed by atoms with Crippen molar-refractivity contribution >= 4 is 5.97 Å². The third-order valence-corrected chi connectivity index (χ3v) is 1.19. The molecule has 0 bridgehead atoms. The molecule has 0 aromatic heterocycles. The first-order valence-corrected chi connectivity index (χ1v) is 4.14. The molecule has 4 heteroatoms. The Morgan fingerprint density at radius 2 is 2.15 bits per heavy atom. The zero-order chi connectivity index (χ0) is 10.5. The van der Waals surface area contributed by atoms with Crippen molar-refractivity contribution in [3.63, 3.8) is 0 Å². The number of carbonyl (C=O) groups is 1. The van der Waals surface area contributed by atoms with E-state index in [2.05, 4.69) is 0 Å². The molecule has 0 aliphatic carbocycles. The van der Waals surface area contributed by atoms with Gasteiger partial charge in [0, 0.05) is 6.42 Å². The van der Waals surface area contributed by atoms with Crippen molar-refractivity contribution in [2.45, 2.75) is 45.3 Å². The van der Waals surface area contributed by atoms with E-state index in [4.69, 9.17) is 15.1 Å². The van der Waals surface area contributed by atoms with Gasteiger partial charge in [0.05, 0.1) is 6.07 Å². The Kier molecular flexibility index (Phi) is 4.43. The van der Waals surface area contributed by atoms with E-state index in [9.17, 15) is 4.79 Å². The quantitative estimate of drug-likeness (QED) is 0.526. The largest absolute Gasteiger partial charge is 0.460 e. The van der Waals surface area contributed by atoms with Crippen LogP contribution in [0.3, 0.4) is 0 Å². The summed E-state index contributed by atoms with van der Waals surface area (Å²) >= 11 is 0. The van der Waals surface area contributed by atoms with Crippen LogP contribution in [0.25, 0.3) is 0 Å². The summed E-state index contributed by atoms with van der Waals surface area (Å²) in [4.78, 5) is 11.0. The number of carbonyl (C=O) groups excluding carboxylic acids is 1. The summed E-state index contributed by atoms with van der Waals surface area (Å²) in [6, 6.07) is 1.63. The molecule has 0 spiro atoms. The summed E-state index contributed by atoms with van der Waals surface area (Å²) in [6.45, 7) is 5.31. The van der Waals surface area contributed by atoms with Crippen molar-refractivity contribution in [1.82, 2.24) is 0 Å². The molecule has 1 unspecified atom stereocenters. The molecule has 1 N–H and O–H groups in total. The summed E-state index contributed by atoms with van der Waals surface area (Å²) in [7, 11) is 0. The summed E-state index contributed by atoms with van der Waals surface area (Å²) in [5, 5.41) is 17.1. The minimum Gasteiger partial charge on any atom is -0.460 e. The first kappa shape index (κ1) is 11.9. The van der Waals surface area contributed by atoms with Crippen LogP contribution in [-0.4, -0.2) is 22.8 Å². The van der Waals surface area contributed by atoms with Crippen molar-refractivity contribution in [2.75, 3.05) is 0 Å². The second-order valence-corrected chi connectivity index (χ2v) is 3.77. The summed E-state index contributed by atoms with van der Waals surface area (Å²) in [5.41, 5.74) is -0.505. The molecule has 0 fully saturated rings. The second-order valence-electron chi connectivity index (χ2n) is 3.77. The molecule has 0 heterocycles. The number of aliphatic hydroxyl groups is 1. The van der Waals surface area contributed by atoms with E-state index in [-0.39, 0.29) is 18.8 Å². The van der Waals surface area contributed by atoms with Gasteiger partial charge in [0.25, 0.3) is 0 Å². The number of nitrogens with zero attached hydrogens (tertiary/aromatic N) is 1.